The zero-order valence-corrected chi connectivity index (χ0v) is 7.32. The van der Waals surface area contributed by atoms with Crippen molar-refractivity contribution in [3.63, 3.8) is 0 Å². The van der Waals surface area contributed by atoms with E-state index in [0.29, 0.717) is 5.69 Å². The number of nitrogens with zero attached hydrogens (tertiary/aromatic N) is 2. The highest BCUT2D eigenvalue weighted by atomic mass is 16.1. The summed E-state index contributed by atoms with van der Waals surface area (Å²) in [6, 6.07) is 6.69. The van der Waals surface area contributed by atoms with Crippen LogP contribution in [0.5, 0.6) is 0 Å². The molecule has 0 spiro atoms. The SMILES string of the molecule is N#CCC#Cc1cccc(C(N)=O)n1. The third-order valence-corrected chi connectivity index (χ3v) is 1.39. The van der Waals surface area contributed by atoms with Gasteiger partial charge in [-0.25, -0.2) is 4.98 Å². The normalized spacial score (nSPS) is 8.21. The predicted octanol–water partition coefficient (Wildman–Crippen LogP) is 0.446. The van der Waals surface area contributed by atoms with E-state index in [1.165, 1.54) is 6.07 Å². The number of carbonyl (C=O) groups is 1. The summed E-state index contributed by atoms with van der Waals surface area (Å²) in [7, 11) is 0. The number of hydrogen-bond acceptors (Lipinski definition) is 3. The van der Waals surface area contributed by atoms with Gasteiger partial charge in [-0.05, 0) is 18.1 Å². The lowest BCUT2D eigenvalue weighted by molar-refractivity contribution is 0.0995. The van der Waals surface area contributed by atoms with Crippen LogP contribution in [0.3, 0.4) is 0 Å². The molecule has 68 valence electrons. The summed E-state index contributed by atoms with van der Waals surface area (Å²) in [5, 5.41) is 8.24. The number of pyridine rings is 1. The summed E-state index contributed by atoms with van der Waals surface area (Å²) >= 11 is 0. The summed E-state index contributed by atoms with van der Waals surface area (Å²) in [6.45, 7) is 0. The van der Waals surface area contributed by atoms with Crippen molar-refractivity contribution in [2.75, 3.05) is 0 Å². The average Bonchev–Trinajstić information content (AvgIpc) is 2.19. The van der Waals surface area contributed by atoms with E-state index >= 15 is 0 Å². The number of carbonyl (C=O) groups excluding carboxylic acids is 1. The van der Waals surface area contributed by atoms with Crippen molar-refractivity contribution >= 4 is 5.91 Å². The molecule has 0 bridgehead atoms. The lowest BCUT2D eigenvalue weighted by atomic mass is 10.3. The Labute approximate surface area is 81.4 Å². The summed E-state index contributed by atoms with van der Waals surface area (Å²) < 4.78 is 0. The van der Waals surface area contributed by atoms with E-state index in [1.54, 1.807) is 12.1 Å². The molecule has 0 aliphatic carbocycles. The van der Waals surface area contributed by atoms with Gasteiger partial charge in [0, 0.05) is 0 Å². The van der Waals surface area contributed by atoms with Gasteiger partial charge in [-0.1, -0.05) is 12.0 Å². The molecule has 1 aromatic rings. The van der Waals surface area contributed by atoms with Gasteiger partial charge in [-0.3, -0.25) is 4.79 Å². The third kappa shape index (κ3) is 2.62. The van der Waals surface area contributed by atoms with Crippen molar-refractivity contribution < 1.29 is 4.79 Å². The monoisotopic (exact) mass is 185 g/mol. The smallest absolute Gasteiger partial charge is 0.267 e. The number of amides is 1. The highest BCUT2D eigenvalue weighted by molar-refractivity contribution is 5.90. The standard InChI is InChI=1S/C10H7N3O/c11-7-2-1-4-8-5-3-6-9(13-8)10(12)14/h3,5-6H,2H2,(H2,12,14). The first-order valence-corrected chi connectivity index (χ1v) is 3.86. The van der Waals surface area contributed by atoms with Crippen LogP contribution in [0.15, 0.2) is 18.2 Å². The number of nitriles is 1. The van der Waals surface area contributed by atoms with Gasteiger partial charge in [0.1, 0.15) is 11.4 Å². The minimum Gasteiger partial charge on any atom is -0.364 e. The average molecular weight is 185 g/mol. The first-order chi connectivity index (χ1) is 6.74. The molecule has 2 N–H and O–H groups in total. The van der Waals surface area contributed by atoms with Crippen LogP contribution in [0.25, 0.3) is 0 Å². The number of rotatable bonds is 1. The number of nitrogens with two attached hydrogens (primary N) is 1. The molecule has 4 heteroatoms. The quantitative estimate of drug-likeness (QED) is 0.645. The van der Waals surface area contributed by atoms with Crippen LogP contribution in [-0.2, 0) is 0 Å². The third-order valence-electron chi connectivity index (χ3n) is 1.39. The molecule has 0 atom stereocenters. The minimum absolute atomic E-state index is 0.141. The van der Waals surface area contributed by atoms with E-state index in [9.17, 15) is 4.79 Å². The fourth-order valence-electron chi connectivity index (χ4n) is 0.816. The molecule has 14 heavy (non-hydrogen) atoms. The highest BCUT2D eigenvalue weighted by Crippen LogP contribution is 1.96. The first kappa shape index (κ1) is 9.76. The van der Waals surface area contributed by atoms with E-state index in [2.05, 4.69) is 16.8 Å². The lowest BCUT2D eigenvalue weighted by Gasteiger charge is -1.93. The number of primary amides is 1. The van der Waals surface area contributed by atoms with E-state index in [4.69, 9.17) is 11.0 Å². The maximum atomic E-state index is 10.7. The molecule has 0 fully saturated rings. The van der Waals surface area contributed by atoms with E-state index < -0.39 is 5.91 Å². The minimum atomic E-state index is -0.589. The molecule has 1 rings (SSSR count). The number of aromatic nitrogens is 1. The highest BCUT2D eigenvalue weighted by Gasteiger charge is 2.00. The first-order valence-electron chi connectivity index (χ1n) is 3.86. The molecular weight excluding hydrogens is 178 g/mol. The maximum absolute atomic E-state index is 10.7. The topological polar surface area (TPSA) is 79.8 Å². The van der Waals surface area contributed by atoms with E-state index in [-0.39, 0.29) is 12.1 Å². The molecule has 0 aliphatic rings. The van der Waals surface area contributed by atoms with Crippen LogP contribution in [0, 0.1) is 23.2 Å². The second-order valence-electron chi connectivity index (χ2n) is 2.41. The van der Waals surface area contributed by atoms with Gasteiger partial charge in [0.15, 0.2) is 0 Å². The van der Waals surface area contributed by atoms with Crippen LogP contribution < -0.4 is 5.73 Å². The molecule has 0 radical (unpaired) electrons. The Kier molecular flexibility index (Phi) is 3.23. The van der Waals surface area contributed by atoms with Crippen LogP contribution in [0.2, 0.25) is 0 Å². The molecular formula is C10H7N3O. The van der Waals surface area contributed by atoms with Crippen molar-refractivity contribution in [2.24, 2.45) is 5.73 Å². The van der Waals surface area contributed by atoms with Gasteiger partial charge in [0.05, 0.1) is 12.5 Å². The van der Waals surface area contributed by atoms with Gasteiger partial charge < -0.3 is 5.73 Å². The fourth-order valence-corrected chi connectivity index (χ4v) is 0.816. The molecule has 0 saturated carbocycles. The summed E-state index contributed by atoms with van der Waals surface area (Å²) in [5.41, 5.74) is 5.65. The molecule has 0 saturated heterocycles. The Morgan fingerprint density at radius 2 is 2.36 bits per heavy atom. The van der Waals surface area contributed by atoms with Crippen molar-refractivity contribution in [2.45, 2.75) is 6.42 Å². The van der Waals surface area contributed by atoms with Crippen LogP contribution in [-0.4, -0.2) is 10.9 Å². The molecule has 1 heterocycles. The zero-order chi connectivity index (χ0) is 10.4. The Balaban J connectivity index is 2.92. The van der Waals surface area contributed by atoms with Crippen molar-refractivity contribution in [3.05, 3.63) is 29.6 Å². The Hall–Kier alpha value is -2.33. The Bertz CT molecular complexity index is 448. The van der Waals surface area contributed by atoms with Gasteiger partial charge in [0.2, 0.25) is 0 Å². The van der Waals surface area contributed by atoms with Crippen molar-refractivity contribution in [3.8, 4) is 17.9 Å². The zero-order valence-electron chi connectivity index (χ0n) is 7.32. The van der Waals surface area contributed by atoms with Gasteiger partial charge >= 0.3 is 0 Å². The van der Waals surface area contributed by atoms with Gasteiger partial charge in [0.25, 0.3) is 5.91 Å². The Morgan fingerprint density at radius 1 is 1.57 bits per heavy atom. The van der Waals surface area contributed by atoms with E-state index in [1.807, 2.05) is 6.07 Å². The van der Waals surface area contributed by atoms with Crippen LogP contribution in [0.4, 0.5) is 0 Å². The molecule has 0 aromatic carbocycles. The summed E-state index contributed by atoms with van der Waals surface area (Å²) in [5.74, 6) is 4.65. The second kappa shape index (κ2) is 4.64. The predicted molar refractivity (Wildman–Crippen MR) is 49.9 cm³/mol. The van der Waals surface area contributed by atoms with Crippen molar-refractivity contribution in [1.82, 2.24) is 4.98 Å². The summed E-state index contributed by atoms with van der Waals surface area (Å²) in [6.07, 6.45) is 0.141. The maximum Gasteiger partial charge on any atom is 0.267 e. The molecule has 1 amide bonds. The fraction of sp³-hybridized carbons (Fsp3) is 0.100. The van der Waals surface area contributed by atoms with Gasteiger partial charge in [-0.2, -0.15) is 5.26 Å². The summed E-state index contributed by atoms with van der Waals surface area (Å²) in [4.78, 5) is 14.6. The molecule has 0 aliphatic heterocycles. The van der Waals surface area contributed by atoms with Gasteiger partial charge in [-0.15, -0.1) is 0 Å². The molecule has 4 nitrogen and oxygen atoms in total. The Morgan fingerprint density at radius 3 is 3.00 bits per heavy atom. The van der Waals surface area contributed by atoms with Crippen LogP contribution >= 0.6 is 0 Å². The second-order valence-corrected chi connectivity index (χ2v) is 2.41. The van der Waals surface area contributed by atoms with Crippen LogP contribution in [0.1, 0.15) is 22.6 Å². The van der Waals surface area contributed by atoms with Crippen molar-refractivity contribution in [1.29, 1.82) is 5.26 Å². The molecule has 1 aromatic heterocycles. The lowest BCUT2D eigenvalue weighted by Crippen LogP contribution is -2.13. The molecule has 0 unspecified atom stereocenters. The number of hydrogen-bond donors (Lipinski definition) is 1. The van der Waals surface area contributed by atoms with E-state index in [0.717, 1.165) is 0 Å². The largest absolute Gasteiger partial charge is 0.364 e.